The van der Waals surface area contributed by atoms with Crippen molar-refractivity contribution < 1.29 is 14.0 Å². The smallest absolute Gasteiger partial charge is 0.315 e. The molecule has 0 spiro atoms. The van der Waals surface area contributed by atoms with Gasteiger partial charge in [0.05, 0.1) is 11.9 Å². The Morgan fingerprint density at radius 1 is 1.19 bits per heavy atom. The lowest BCUT2D eigenvalue weighted by Gasteiger charge is -2.17. The van der Waals surface area contributed by atoms with Gasteiger partial charge in [-0.1, -0.05) is 18.6 Å². The molecule has 0 fully saturated rings. The molecule has 0 aliphatic heterocycles. The maximum Gasteiger partial charge on any atom is 0.315 e. The number of hydrogen-bond donors (Lipinski definition) is 3. The zero-order chi connectivity index (χ0) is 18.8. The Balaban J connectivity index is 1.55. The van der Waals surface area contributed by atoms with Gasteiger partial charge in [-0.25, -0.2) is 9.18 Å². The van der Waals surface area contributed by atoms with Gasteiger partial charge < -0.3 is 15.5 Å². The van der Waals surface area contributed by atoms with Gasteiger partial charge in [0.25, 0.3) is 0 Å². The van der Waals surface area contributed by atoms with Gasteiger partial charge in [-0.3, -0.25) is 9.89 Å². The Bertz CT molecular complexity index is 705. The van der Waals surface area contributed by atoms with Gasteiger partial charge in [-0.15, -0.1) is 0 Å². The number of aromatic nitrogens is 2. The van der Waals surface area contributed by atoms with E-state index in [1.54, 1.807) is 37.6 Å². The van der Waals surface area contributed by atoms with E-state index in [4.69, 9.17) is 0 Å². The first kappa shape index (κ1) is 19.4. The molecule has 7 nitrogen and oxygen atoms in total. The molecule has 0 saturated carbocycles. The largest absolute Gasteiger partial charge is 0.338 e. The summed E-state index contributed by atoms with van der Waals surface area (Å²) in [6, 6.07) is 5.98. The summed E-state index contributed by atoms with van der Waals surface area (Å²) in [5.41, 5.74) is 1.19. The number of halogens is 1. The number of carbonyl (C=O) groups is 2. The molecule has 0 saturated heterocycles. The summed E-state index contributed by atoms with van der Waals surface area (Å²) in [7, 11) is 1.58. The summed E-state index contributed by atoms with van der Waals surface area (Å²) < 4.78 is 13.7. The molecular formula is C18H24FN5O2. The fraction of sp³-hybridized carbons (Fsp3) is 0.389. The molecule has 1 aromatic heterocycles. The van der Waals surface area contributed by atoms with Gasteiger partial charge in [0.2, 0.25) is 5.91 Å². The molecule has 2 aromatic rings. The molecule has 3 N–H and O–H groups in total. The van der Waals surface area contributed by atoms with E-state index in [0.29, 0.717) is 25.9 Å². The fourth-order valence-corrected chi connectivity index (χ4v) is 2.42. The number of para-hydroxylation sites is 1. The van der Waals surface area contributed by atoms with Crippen LogP contribution < -0.4 is 15.5 Å². The highest BCUT2D eigenvalue weighted by Gasteiger charge is 2.13. The average molecular weight is 361 g/mol. The van der Waals surface area contributed by atoms with Gasteiger partial charge in [-0.05, 0) is 25.0 Å². The first-order valence-corrected chi connectivity index (χ1v) is 8.58. The lowest BCUT2D eigenvalue weighted by atomic mass is 10.1. The van der Waals surface area contributed by atoms with Crippen LogP contribution in [0.15, 0.2) is 36.7 Å². The number of anilines is 1. The third-order valence-electron chi connectivity index (χ3n) is 3.95. The standard InChI is InChI=1S/C18H24FN5O2/c1-24(16-8-5-4-7-15(16)19)17(25)9-3-2-6-10-20-18(26)21-11-14-12-22-23-13-14/h4-5,7-8,12-13H,2-3,6,9-11H2,1H3,(H,22,23)(H2,20,21,26). The molecule has 0 bridgehead atoms. The minimum atomic E-state index is -0.408. The van der Waals surface area contributed by atoms with Crippen molar-refractivity contribution in [2.45, 2.75) is 32.2 Å². The molecule has 2 rings (SSSR count). The zero-order valence-corrected chi connectivity index (χ0v) is 14.8. The maximum absolute atomic E-state index is 13.7. The van der Waals surface area contributed by atoms with Crippen molar-refractivity contribution in [3.05, 3.63) is 48.0 Å². The highest BCUT2D eigenvalue weighted by molar-refractivity contribution is 5.92. The molecule has 0 aliphatic rings. The highest BCUT2D eigenvalue weighted by atomic mass is 19.1. The number of benzene rings is 1. The van der Waals surface area contributed by atoms with Crippen LogP contribution in [0.1, 0.15) is 31.2 Å². The molecule has 0 unspecified atom stereocenters. The van der Waals surface area contributed by atoms with Crippen LogP contribution in [-0.2, 0) is 11.3 Å². The Hall–Kier alpha value is -2.90. The number of nitrogens with zero attached hydrogens (tertiary/aromatic N) is 2. The first-order chi connectivity index (χ1) is 12.6. The van der Waals surface area contributed by atoms with Crippen LogP contribution in [0.4, 0.5) is 14.9 Å². The Kier molecular flexibility index (Phi) is 7.60. The summed E-state index contributed by atoms with van der Waals surface area (Å²) in [6.07, 6.45) is 5.98. The molecule has 1 heterocycles. The topological polar surface area (TPSA) is 90.1 Å². The number of rotatable bonds is 9. The third kappa shape index (κ3) is 6.19. The fourth-order valence-electron chi connectivity index (χ4n) is 2.42. The van der Waals surface area contributed by atoms with Gasteiger partial charge in [0, 0.05) is 38.3 Å². The van der Waals surface area contributed by atoms with Crippen LogP contribution in [0.3, 0.4) is 0 Å². The Morgan fingerprint density at radius 2 is 2.00 bits per heavy atom. The summed E-state index contributed by atoms with van der Waals surface area (Å²) in [6.45, 7) is 0.952. The predicted octanol–water partition coefficient (Wildman–Crippen LogP) is 2.57. The van der Waals surface area contributed by atoms with Crippen LogP contribution in [0, 0.1) is 5.82 Å². The van der Waals surface area contributed by atoms with Gasteiger partial charge in [0.1, 0.15) is 5.82 Å². The zero-order valence-electron chi connectivity index (χ0n) is 14.8. The lowest BCUT2D eigenvalue weighted by Crippen LogP contribution is -2.35. The monoisotopic (exact) mass is 361 g/mol. The van der Waals surface area contributed by atoms with Gasteiger partial charge in [-0.2, -0.15) is 5.10 Å². The minimum absolute atomic E-state index is 0.124. The number of carbonyl (C=O) groups excluding carboxylic acids is 2. The molecule has 140 valence electrons. The number of hydrogen-bond acceptors (Lipinski definition) is 3. The van der Waals surface area contributed by atoms with E-state index in [2.05, 4.69) is 20.8 Å². The minimum Gasteiger partial charge on any atom is -0.338 e. The van der Waals surface area contributed by atoms with Crippen molar-refractivity contribution in [2.75, 3.05) is 18.5 Å². The van der Waals surface area contributed by atoms with Crippen molar-refractivity contribution >= 4 is 17.6 Å². The molecule has 0 aliphatic carbocycles. The quantitative estimate of drug-likeness (QED) is 0.600. The van der Waals surface area contributed by atoms with Crippen molar-refractivity contribution in [1.29, 1.82) is 0 Å². The number of unbranched alkanes of at least 4 members (excludes halogenated alkanes) is 2. The second kappa shape index (κ2) is 10.2. The summed E-state index contributed by atoms with van der Waals surface area (Å²) in [5, 5.41) is 12.0. The molecule has 0 atom stereocenters. The van der Waals surface area contributed by atoms with Crippen LogP contribution in [0.5, 0.6) is 0 Å². The number of H-pyrrole nitrogens is 1. The van der Waals surface area contributed by atoms with Gasteiger partial charge >= 0.3 is 6.03 Å². The maximum atomic E-state index is 13.7. The van der Waals surface area contributed by atoms with E-state index in [1.165, 1.54) is 11.0 Å². The van der Waals surface area contributed by atoms with Crippen molar-refractivity contribution in [3.63, 3.8) is 0 Å². The highest BCUT2D eigenvalue weighted by Crippen LogP contribution is 2.18. The first-order valence-electron chi connectivity index (χ1n) is 8.58. The number of amides is 3. The second-order valence-corrected chi connectivity index (χ2v) is 5.93. The van der Waals surface area contributed by atoms with Crippen molar-refractivity contribution in [2.24, 2.45) is 0 Å². The van der Waals surface area contributed by atoms with Crippen molar-refractivity contribution in [1.82, 2.24) is 20.8 Å². The number of aromatic amines is 1. The van der Waals surface area contributed by atoms with Crippen LogP contribution in [0.2, 0.25) is 0 Å². The summed E-state index contributed by atoms with van der Waals surface area (Å²) in [5.74, 6) is -0.533. The summed E-state index contributed by atoms with van der Waals surface area (Å²) >= 11 is 0. The average Bonchev–Trinajstić information content (AvgIpc) is 3.16. The molecule has 1 aromatic carbocycles. The molecule has 3 amide bonds. The lowest BCUT2D eigenvalue weighted by molar-refractivity contribution is -0.118. The SMILES string of the molecule is CN(C(=O)CCCCCNC(=O)NCc1cn[nH]c1)c1ccccc1F. The van der Waals surface area contributed by atoms with Crippen LogP contribution >= 0.6 is 0 Å². The number of urea groups is 1. The number of nitrogens with one attached hydrogen (secondary N) is 3. The van der Waals surface area contributed by atoms with Crippen LogP contribution in [-0.4, -0.2) is 35.7 Å². The summed E-state index contributed by atoms with van der Waals surface area (Å²) in [4.78, 5) is 25.1. The van der Waals surface area contributed by atoms with E-state index in [1.807, 2.05) is 0 Å². The molecule has 0 radical (unpaired) electrons. The van der Waals surface area contributed by atoms with E-state index in [-0.39, 0.29) is 17.6 Å². The van der Waals surface area contributed by atoms with E-state index >= 15 is 0 Å². The Morgan fingerprint density at radius 3 is 2.73 bits per heavy atom. The van der Waals surface area contributed by atoms with Crippen LogP contribution in [0.25, 0.3) is 0 Å². The molecular weight excluding hydrogens is 337 g/mol. The Labute approximate surface area is 152 Å². The second-order valence-electron chi connectivity index (χ2n) is 5.93. The third-order valence-corrected chi connectivity index (χ3v) is 3.95. The van der Waals surface area contributed by atoms with Crippen molar-refractivity contribution in [3.8, 4) is 0 Å². The van der Waals surface area contributed by atoms with E-state index in [0.717, 1.165) is 18.4 Å². The van der Waals surface area contributed by atoms with Gasteiger partial charge in [0.15, 0.2) is 0 Å². The molecule has 26 heavy (non-hydrogen) atoms. The van der Waals surface area contributed by atoms with E-state index in [9.17, 15) is 14.0 Å². The van der Waals surface area contributed by atoms with E-state index < -0.39 is 5.82 Å². The normalized spacial score (nSPS) is 10.4. The predicted molar refractivity (Wildman–Crippen MR) is 97.1 cm³/mol. The molecule has 8 heteroatoms.